The van der Waals surface area contributed by atoms with Crippen molar-refractivity contribution in [3.05, 3.63) is 22.3 Å². The van der Waals surface area contributed by atoms with Crippen molar-refractivity contribution in [3.8, 4) is 0 Å². The Morgan fingerprint density at radius 1 is 1.12 bits per heavy atom. The van der Waals surface area contributed by atoms with Gasteiger partial charge in [-0.3, -0.25) is 0 Å². The Kier molecular flexibility index (Phi) is 3.86. The molecule has 1 N–H and O–H groups in total. The van der Waals surface area contributed by atoms with E-state index in [4.69, 9.17) is 0 Å². The molecule has 0 saturated heterocycles. The van der Waals surface area contributed by atoms with Crippen molar-refractivity contribution >= 4 is 14.7 Å². The molecule has 0 radical (unpaired) electrons. The van der Waals surface area contributed by atoms with E-state index in [1.165, 1.54) is 44.2 Å². The van der Waals surface area contributed by atoms with Gasteiger partial charge < -0.3 is 0 Å². The molecule has 0 spiro atoms. The van der Waals surface area contributed by atoms with Gasteiger partial charge in [-0.1, -0.05) is 0 Å². The third kappa shape index (κ3) is 2.33. The predicted molar refractivity (Wildman–Crippen MR) is 99.4 cm³/mol. The van der Waals surface area contributed by atoms with E-state index < -0.39 is 0 Å². The minimum atomic E-state index is -0.0952. The second-order valence-corrected chi connectivity index (χ2v) is 10.9. The average Bonchev–Trinajstić information content (AvgIpc) is 3.22. The van der Waals surface area contributed by atoms with Gasteiger partial charge in [0, 0.05) is 0 Å². The van der Waals surface area contributed by atoms with Crippen molar-refractivity contribution in [1.29, 1.82) is 0 Å². The van der Waals surface area contributed by atoms with Crippen molar-refractivity contribution in [2.75, 3.05) is 0 Å². The SMILES string of the molecule is C[C@]12CC[C@H]3[C@@H](CC=C4C[C@@H](O)CC[C@@]43C)[C@@H]1CC[C@@H]2c1c[se]nn1. The average molecular weight is 405 g/mol. The molecule has 3 fully saturated rings. The molecule has 0 aromatic carbocycles. The number of nitrogens with zero attached hydrogens (tertiary/aromatic N) is 2. The van der Waals surface area contributed by atoms with Gasteiger partial charge in [0.1, 0.15) is 0 Å². The van der Waals surface area contributed by atoms with E-state index in [0.29, 0.717) is 16.7 Å². The molecular formula is C21H30N2OSe. The Morgan fingerprint density at radius 2 is 2.00 bits per heavy atom. The van der Waals surface area contributed by atoms with Crippen LogP contribution in [0.25, 0.3) is 0 Å². The normalized spacial score (nSPS) is 49.1. The summed E-state index contributed by atoms with van der Waals surface area (Å²) in [5.74, 6) is 3.18. The zero-order valence-corrected chi connectivity index (χ0v) is 17.2. The molecule has 3 nitrogen and oxygen atoms in total. The molecule has 1 aromatic rings. The zero-order valence-electron chi connectivity index (χ0n) is 15.4. The topological polar surface area (TPSA) is 46.0 Å². The molecule has 1 aromatic heterocycles. The summed E-state index contributed by atoms with van der Waals surface area (Å²) < 4.78 is 4.29. The molecule has 0 amide bonds. The summed E-state index contributed by atoms with van der Waals surface area (Å²) >= 11 is 0.264. The summed E-state index contributed by atoms with van der Waals surface area (Å²) in [5.41, 5.74) is 3.70. The van der Waals surface area contributed by atoms with Crippen LogP contribution in [0.15, 0.2) is 16.6 Å². The van der Waals surface area contributed by atoms with Crippen molar-refractivity contribution in [2.45, 2.75) is 77.2 Å². The number of aliphatic hydroxyl groups is 1. The van der Waals surface area contributed by atoms with Gasteiger partial charge in [-0.15, -0.1) is 0 Å². The van der Waals surface area contributed by atoms with Crippen molar-refractivity contribution in [2.24, 2.45) is 28.6 Å². The first kappa shape index (κ1) is 16.7. The molecule has 4 aliphatic carbocycles. The second-order valence-electron chi connectivity index (χ2n) is 9.66. The Hall–Kier alpha value is -0.441. The molecule has 4 heteroatoms. The van der Waals surface area contributed by atoms with Gasteiger partial charge in [-0.2, -0.15) is 0 Å². The first-order chi connectivity index (χ1) is 12.0. The van der Waals surface area contributed by atoms with Crippen LogP contribution in [-0.2, 0) is 0 Å². The van der Waals surface area contributed by atoms with Gasteiger partial charge in [-0.25, -0.2) is 0 Å². The second kappa shape index (κ2) is 5.78. The van der Waals surface area contributed by atoms with Gasteiger partial charge in [0.25, 0.3) is 0 Å². The number of aromatic nitrogens is 2. The van der Waals surface area contributed by atoms with E-state index in [9.17, 15) is 5.11 Å². The summed E-state index contributed by atoms with van der Waals surface area (Å²) in [7, 11) is 0. The minimum absolute atomic E-state index is 0.0952. The zero-order chi connectivity index (χ0) is 17.2. The van der Waals surface area contributed by atoms with E-state index in [1.54, 1.807) is 5.57 Å². The summed E-state index contributed by atoms with van der Waals surface area (Å²) in [6.07, 6.45) is 12.2. The molecule has 4 aliphatic rings. The maximum absolute atomic E-state index is 10.1. The van der Waals surface area contributed by atoms with Crippen molar-refractivity contribution in [1.82, 2.24) is 9.19 Å². The van der Waals surface area contributed by atoms with Crippen molar-refractivity contribution in [3.63, 3.8) is 0 Å². The van der Waals surface area contributed by atoms with E-state index in [0.717, 1.165) is 30.6 Å². The van der Waals surface area contributed by atoms with Gasteiger partial charge in [0.05, 0.1) is 0 Å². The summed E-state index contributed by atoms with van der Waals surface area (Å²) in [5, 5.41) is 14.7. The van der Waals surface area contributed by atoms with E-state index in [1.807, 2.05) is 0 Å². The molecule has 3 saturated carbocycles. The number of fused-ring (bicyclic) bond motifs is 5. The third-order valence-electron chi connectivity index (χ3n) is 8.81. The molecule has 25 heavy (non-hydrogen) atoms. The standard InChI is InChI=1S/C21H30N2OSe/c1-20-9-7-14(24)11-13(20)3-4-15-16-5-6-18(19-12-25-23-22-19)21(16,2)10-8-17(15)20/h3,12,14-18,24H,4-11H2,1-2H3/t14-,15-,16-,17-,18+,20-,21-/m0/s1. The Balaban J connectivity index is 1.47. The van der Waals surface area contributed by atoms with Crippen LogP contribution in [-0.4, -0.2) is 35.1 Å². The van der Waals surface area contributed by atoms with Crippen LogP contribution in [0.1, 0.15) is 76.8 Å². The summed E-state index contributed by atoms with van der Waals surface area (Å²) in [4.78, 5) is 2.33. The number of aliphatic hydroxyl groups excluding tert-OH is 1. The van der Waals surface area contributed by atoms with Gasteiger partial charge in [0.15, 0.2) is 0 Å². The van der Waals surface area contributed by atoms with Crippen LogP contribution < -0.4 is 0 Å². The molecule has 136 valence electrons. The number of hydrogen-bond donors (Lipinski definition) is 1. The number of rotatable bonds is 1. The fourth-order valence-corrected chi connectivity index (χ4v) is 8.52. The molecule has 1 heterocycles. The van der Waals surface area contributed by atoms with E-state index >= 15 is 0 Å². The van der Waals surface area contributed by atoms with E-state index in [-0.39, 0.29) is 20.8 Å². The van der Waals surface area contributed by atoms with Gasteiger partial charge in [0.2, 0.25) is 0 Å². The number of allylic oxidation sites excluding steroid dienone is 1. The van der Waals surface area contributed by atoms with Crippen LogP contribution in [0.2, 0.25) is 0 Å². The van der Waals surface area contributed by atoms with Crippen LogP contribution in [0, 0.1) is 28.6 Å². The maximum atomic E-state index is 10.1. The fourth-order valence-electron chi connectivity index (χ4n) is 7.45. The molecular weight excluding hydrogens is 375 g/mol. The third-order valence-corrected chi connectivity index (χ3v) is 9.91. The van der Waals surface area contributed by atoms with Crippen LogP contribution in [0.4, 0.5) is 0 Å². The summed E-state index contributed by atoms with van der Waals surface area (Å²) in [6.45, 7) is 5.09. The van der Waals surface area contributed by atoms with Crippen LogP contribution in [0.3, 0.4) is 0 Å². The quantitative estimate of drug-likeness (QED) is 0.569. The number of hydrogen-bond acceptors (Lipinski definition) is 3. The first-order valence-corrected chi connectivity index (χ1v) is 11.9. The monoisotopic (exact) mass is 406 g/mol. The molecule has 5 rings (SSSR count). The molecule has 0 unspecified atom stereocenters. The van der Waals surface area contributed by atoms with Gasteiger partial charge >= 0.3 is 157 Å². The van der Waals surface area contributed by atoms with Gasteiger partial charge in [-0.05, 0) is 0 Å². The Bertz CT molecular complexity index is 686. The fraction of sp³-hybridized carbons (Fsp3) is 0.810. The Labute approximate surface area is 157 Å². The Morgan fingerprint density at radius 3 is 2.80 bits per heavy atom. The van der Waals surface area contributed by atoms with Crippen molar-refractivity contribution < 1.29 is 5.11 Å². The van der Waals surface area contributed by atoms with Crippen LogP contribution >= 0.6 is 0 Å². The molecule has 0 bridgehead atoms. The van der Waals surface area contributed by atoms with Crippen LogP contribution in [0.5, 0.6) is 0 Å². The predicted octanol–water partition coefficient (Wildman–Crippen LogP) is 3.94. The first-order valence-electron chi connectivity index (χ1n) is 10.2. The van der Waals surface area contributed by atoms with E-state index in [2.05, 4.69) is 34.1 Å². The molecule has 7 atom stereocenters. The summed E-state index contributed by atoms with van der Waals surface area (Å²) in [6, 6.07) is 0. The molecule has 0 aliphatic heterocycles.